The fourth-order valence-electron chi connectivity index (χ4n) is 2.91. The van der Waals surface area contributed by atoms with Gasteiger partial charge in [-0.25, -0.2) is 13.2 Å². The molecule has 1 saturated carbocycles. The van der Waals surface area contributed by atoms with Crippen LogP contribution < -0.4 is 5.32 Å². The first kappa shape index (κ1) is 20.2. The van der Waals surface area contributed by atoms with Crippen LogP contribution in [0.4, 0.5) is 0 Å². The van der Waals surface area contributed by atoms with Crippen molar-refractivity contribution in [3.63, 3.8) is 0 Å². The first-order chi connectivity index (χ1) is 11.7. The quantitative estimate of drug-likeness (QED) is 0.727. The minimum Gasteiger partial charge on any atom is -0.467 e. The van der Waals surface area contributed by atoms with Gasteiger partial charge in [0.25, 0.3) is 10.0 Å². The predicted octanol–water partition coefficient (Wildman–Crippen LogP) is 2.01. The number of sulfonamides is 1. The number of halogens is 1. The van der Waals surface area contributed by atoms with E-state index in [0.717, 1.165) is 34.9 Å². The zero-order chi connectivity index (χ0) is 18.7. The van der Waals surface area contributed by atoms with E-state index in [1.165, 1.54) is 26.3 Å². The summed E-state index contributed by atoms with van der Waals surface area (Å²) < 4.78 is 31.1. The van der Waals surface area contributed by atoms with Crippen LogP contribution >= 0.6 is 22.9 Å². The summed E-state index contributed by atoms with van der Waals surface area (Å²) in [5.74, 6) is -1.03. The lowest BCUT2D eigenvalue weighted by molar-refractivity contribution is -0.152. The number of esters is 1. The smallest absolute Gasteiger partial charge is 0.331 e. The molecule has 0 aromatic carbocycles. The molecule has 1 heterocycles. The Hall–Kier alpha value is -1.16. The Balaban J connectivity index is 2.08. The number of rotatable bonds is 6. The van der Waals surface area contributed by atoms with E-state index in [1.807, 2.05) is 0 Å². The Morgan fingerprint density at radius 3 is 2.48 bits per heavy atom. The highest BCUT2D eigenvalue weighted by Gasteiger charge is 2.42. The van der Waals surface area contributed by atoms with Gasteiger partial charge in [-0.3, -0.25) is 4.79 Å². The highest BCUT2D eigenvalue weighted by Crippen LogP contribution is 2.30. The minimum atomic E-state index is -3.81. The maximum atomic E-state index is 12.4. The molecule has 0 aliphatic heterocycles. The lowest BCUT2D eigenvalue weighted by Crippen LogP contribution is -2.57. The van der Waals surface area contributed by atoms with E-state index in [0.29, 0.717) is 17.2 Å². The molecular formula is C15H21ClN2O5S2. The van der Waals surface area contributed by atoms with Crippen molar-refractivity contribution in [3.8, 4) is 0 Å². The molecule has 2 rings (SSSR count). The van der Waals surface area contributed by atoms with Crippen molar-refractivity contribution in [1.29, 1.82) is 0 Å². The largest absolute Gasteiger partial charge is 0.467 e. The number of ether oxygens (including phenoxy) is 1. The number of nitrogens with zero attached hydrogens (tertiary/aromatic N) is 1. The SMILES string of the molecule is COC(=O)C1(NC(=O)CN(C)S(=O)(=O)c2ccc(Cl)s2)CCCCC1. The highest BCUT2D eigenvalue weighted by atomic mass is 35.5. The van der Waals surface area contributed by atoms with Crippen LogP contribution in [0.5, 0.6) is 0 Å². The standard InChI is InChI=1S/C15H21ClN2O5S2/c1-18(25(21,22)13-7-6-11(16)24-13)10-12(19)17-15(14(20)23-2)8-4-3-5-9-15/h6-7H,3-5,8-10H2,1-2H3,(H,17,19). The molecule has 0 bridgehead atoms. The number of hydrogen-bond donors (Lipinski definition) is 1. The van der Waals surface area contributed by atoms with Gasteiger partial charge in [0.2, 0.25) is 5.91 Å². The number of amides is 1. The zero-order valence-corrected chi connectivity index (χ0v) is 16.5. The minimum absolute atomic E-state index is 0.0631. The lowest BCUT2D eigenvalue weighted by atomic mass is 9.81. The maximum absolute atomic E-state index is 12.4. The average molecular weight is 409 g/mol. The normalized spacial score (nSPS) is 17.3. The van der Waals surface area contributed by atoms with Crippen LogP contribution in [-0.2, 0) is 24.3 Å². The van der Waals surface area contributed by atoms with Crippen molar-refractivity contribution >= 4 is 44.8 Å². The van der Waals surface area contributed by atoms with Gasteiger partial charge in [0.15, 0.2) is 0 Å². The molecule has 0 atom stereocenters. The van der Waals surface area contributed by atoms with Crippen LogP contribution in [0.1, 0.15) is 32.1 Å². The van der Waals surface area contributed by atoms with Crippen LogP contribution in [0.25, 0.3) is 0 Å². The van der Waals surface area contributed by atoms with Crippen LogP contribution in [0, 0.1) is 0 Å². The van der Waals surface area contributed by atoms with Gasteiger partial charge in [-0.15, -0.1) is 11.3 Å². The number of nitrogens with one attached hydrogen (secondary N) is 1. The van der Waals surface area contributed by atoms with Gasteiger partial charge >= 0.3 is 5.97 Å². The number of carbonyl (C=O) groups is 2. The molecule has 0 spiro atoms. The van der Waals surface area contributed by atoms with Gasteiger partial charge in [0.1, 0.15) is 9.75 Å². The summed E-state index contributed by atoms with van der Waals surface area (Å²) in [6.45, 7) is -0.392. The Morgan fingerprint density at radius 2 is 1.96 bits per heavy atom. The van der Waals surface area contributed by atoms with Crippen LogP contribution in [-0.4, -0.2) is 50.8 Å². The van der Waals surface area contributed by atoms with E-state index in [1.54, 1.807) is 0 Å². The van der Waals surface area contributed by atoms with Crippen molar-refractivity contribution in [1.82, 2.24) is 9.62 Å². The fraction of sp³-hybridized carbons (Fsp3) is 0.600. The van der Waals surface area contributed by atoms with Gasteiger partial charge in [-0.05, 0) is 25.0 Å². The summed E-state index contributed by atoms with van der Waals surface area (Å²) in [7, 11) is -1.22. The van der Waals surface area contributed by atoms with Gasteiger partial charge in [0.05, 0.1) is 18.0 Å². The molecule has 25 heavy (non-hydrogen) atoms. The second-order valence-electron chi connectivity index (χ2n) is 6.00. The molecule has 1 amide bonds. The molecule has 1 fully saturated rings. The molecule has 0 saturated heterocycles. The molecule has 1 aliphatic carbocycles. The second kappa shape index (κ2) is 8.03. The van der Waals surface area contributed by atoms with E-state index in [4.69, 9.17) is 16.3 Å². The van der Waals surface area contributed by atoms with Gasteiger partial charge in [-0.1, -0.05) is 30.9 Å². The number of methoxy groups -OCH3 is 1. The van der Waals surface area contributed by atoms with E-state index in [-0.39, 0.29) is 4.21 Å². The van der Waals surface area contributed by atoms with Gasteiger partial charge in [0, 0.05) is 7.05 Å². The number of thiophene rings is 1. The molecule has 1 N–H and O–H groups in total. The molecular weight excluding hydrogens is 388 g/mol. The molecule has 1 aromatic rings. The first-order valence-corrected chi connectivity index (χ1v) is 10.5. The predicted molar refractivity (Wildman–Crippen MR) is 95.1 cm³/mol. The Labute approximate surface area is 156 Å². The first-order valence-electron chi connectivity index (χ1n) is 7.82. The third-order valence-corrected chi connectivity index (χ3v) is 7.74. The Kier molecular flexibility index (Phi) is 6.47. The summed E-state index contributed by atoms with van der Waals surface area (Å²) in [6, 6.07) is 2.88. The summed E-state index contributed by atoms with van der Waals surface area (Å²) in [5, 5.41) is 2.70. The number of carbonyl (C=O) groups excluding carboxylic acids is 2. The molecule has 1 aliphatic rings. The molecule has 1 aromatic heterocycles. The Bertz CT molecular complexity index is 741. The van der Waals surface area contributed by atoms with Crippen molar-refractivity contribution in [2.75, 3.05) is 20.7 Å². The molecule has 0 unspecified atom stereocenters. The summed E-state index contributed by atoms with van der Waals surface area (Å²) in [4.78, 5) is 24.5. The summed E-state index contributed by atoms with van der Waals surface area (Å²) in [6.07, 6.45) is 3.57. The lowest BCUT2D eigenvalue weighted by Gasteiger charge is -2.35. The van der Waals surface area contributed by atoms with Crippen LogP contribution in [0.2, 0.25) is 4.34 Å². The van der Waals surface area contributed by atoms with E-state index in [2.05, 4.69) is 5.32 Å². The van der Waals surface area contributed by atoms with E-state index in [9.17, 15) is 18.0 Å². The highest BCUT2D eigenvalue weighted by molar-refractivity contribution is 7.91. The molecule has 10 heteroatoms. The Morgan fingerprint density at radius 1 is 1.32 bits per heavy atom. The second-order valence-corrected chi connectivity index (χ2v) is 9.99. The third kappa shape index (κ3) is 4.52. The zero-order valence-electron chi connectivity index (χ0n) is 14.1. The van der Waals surface area contributed by atoms with Gasteiger partial charge in [-0.2, -0.15) is 4.31 Å². The molecule has 0 radical (unpaired) electrons. The van der Waals surface area contributed by atoms with E-state index >= 15 is 0 Å². The fourth-order valence-corrected chi connectivity index (χ4v) is 5.74. The third-order valence-electron chi connectivity index (χ3n) is 4.24. The topological polar surface area (TPSA) is 92.8 Å². The van der Waals surface area contributed by atoms with Crippen LogP contribution in [0.3, 0.4) is 0 Å². The number of likely N-dealkylation sites (N-methyl/N-ethyl adjacent to an activating group) is 1. The summed E-state index contributed by atoms with van der Waals surface area (Å²) >= 11 is 6.70. The maximum Gasteiger partial charge on any atom is 0.331 e. The van der Waals surface area contributed by atoms with Gasteiger partial charge < -0.3 is 10.1 Å². The molecule has 140 valence electrons. The molecule has 7 nitrogen and oxygen atoms in total. The van der Waals surface area contributed by atoms with E-state index < -0.39 is 34.0 Å². The average Bonchev–Trinajstić information content (AvgIpc) is 3.01. The van der Waals surface area contributed by atoms with Crippen molar-refractivity contribution in [2.24, 2.45) is 0 Å². The van der Waals surface area contributed by atoms with Crippen LogP contribution in [0.15, 0.2) is 16.3 Å². The van der Waals surface area contributed by atoms with Crippen molar-refractivity contribution in [2.45, 2.75) is 41.9 Å². The van der Waals surface area contributed by atoms with Crippen molar-refractivity contribution < 1.29 is 22.7 Å². The van der Waals surface area contributed by atoms with Crippen molar-refractivity contribution in [3.05, 3.63) is 16.5 Å². The summed E-state index contributed by atoms with van der Waals surface area (Å²) in [5.41, 5.74) is -1.07. The monoisotopic (exact) mass is 408 g/mol. The number of hydrogen-bond acceptors (Lipinski definition) is 6.